The lowest BCUT2D eigenvalue weighted by molar-refractivity contribution is -0.121. The summed E-state index contributed by atoms with van der Waals surface area (Å²) in [6.07, 6.45) is 0.669. The molecule has 28 heavy (non-hydrogen) atoms. The predicted octanol–water partition coefficient (Wildman–Crippen LogP) is 3.18. The van der Waals surface area contributed by atoms with E-state index in [2.05, 4.69) is 15.5 Å². The van der Waals surface area contributed by atoms with Crippen molar-refractivity contribution in [3.63, 3.8) is 0 Å². The van der Waals surface area contributed by atoms with Crippen LogP contribution in [0.4, 0.5) is 0 Å². The Morgan fingerprint density at radius 2 is 1.75 bits per heavy atom. The summed E-state index contributed by atoms with van der Waals surface area (Å²) < 4.78 is 16.3. The number of rotatable bonds is 9. The van der Waals surface area contributed by atoms with Crippen LogP contribution in [0.3, 0.4) is 0 Å². The number of benzene rings is 2. The normalized spacial score (nSPS) is 10.5. The van der Waals surface area contributed by atoms with Gasteiger partial charge in [0.1, 0.15) is 18.1 Å². The molecule has 0 radical (unpaired) electrons. The zero-order chi connectivity index (χ0) is 19.8. The first-order chi connectivity index (χ1) is 13.6. The second-order valence-corrected chi connectivity index (χ2v) is 6.24. The molecule has 0 spiro atoms. The van der Waals surface area contributed by atoms with Gasteiger partial charge in [0.2, 0.25) is 17.7 Å². The van der Waals surface area contributed by atoms with E-state index < -0.39 is 0 Å². The number of amides is 1. The number of hydrogen-bond donors (Lipinski definition) is 1. The summed E-state index contributed by atoms with van der Waals surface area (Å²) in [5.74, 6) is 2.31. The zero-order valence-corrected chi connectivity index (χ0v) is 16.0. The topological polar surface area (TPSA) is 86.5 Å². The van der Waals surface area contributed by atoms with E-state index in [1.165, 1.54) is 0 Å². The van der Waals surface area contributed by atoms with Crippen LogP contribution in [0.1, 0.15) is 17.9 Å². The second kappa shape index (κ2) is 9.55. The summed E-state index contributed by atoms with van der Waals surface area (Å²) in [5, 5.41) is 10.9. The smallest absolute Gasteiger partial charge is 0.247 e. The Bertz CT molecular complexity index is 889. The van der Waals surface area contributed by atoms with Crippen LogP contribution in [0.15, 0.2) is 52.9 Å². The van der Waals surface area contributed by atoms with Gasteiger partial charge in [0.05, 0.1) is 13.7 Å². The number of aromatic nitrogens is 2. The van der Waals surface area contributed by atoms with Gasteiger partial charge in [-0.3, -0.25) is 4.79 Å². The summed E-state index contributed by atoms with van der Waals surface area (Å²) >= 11 is 0. The summed E-state index contributed by atoms with van der Waals surface area (Å²) in [6.45, 7) is 2.82. The first-order valence-corrected chi connectivity index (χ1v) is 9.07. The molecule has 0 atom stereocenters. The van der Waals surface area contributed by atoms with Gasteiger partial charge in [-0.15, -0.1) is 10.2 Å². The van der Waals surface area contributed by atoms with E-state index in [0.29, 0.717) is 31.4 Å². The predicted molar refractivity (Wildman–Crippen MR) is 104 cm³/mol. The molecule has 0 bridgehead atoms. The van der Waals surface area contributed by atoms with Gasteiger partial charge in [-0.1, -0.05) is 17.7 Å². The maximum atomic E-state index is 12.0. The van der Waals surface area contributed by atoms with Crippen molar-refractivity contribution >= 4 is 5.91 Å². The van der Waals surface area contributed by atoms with E-state index in [4.69, 9.17) is 13.9 Å². The van der Waals surface area contributed by atoms with Crippen molar-refractivity contribution in [3.05, 3.63) is 60.0 Å². The maximum Gasteiger partial charge on any atom is 0.247 e. The van der Waals surface area contributed by atoms with Crippen LogP contribution >= 0.6 is 0 Å². The number of nitrogens with zero attached hydrogens (tertiary/aromatic N) is 2. The number of aryl methyl sites for hydroxylation is 2. The molecule has 0 saturated carbocycles. The fourth-order valence-corrected chi connectivity index (χ4v) is 2.51. The highest BCUT2D eigenvalue weighted by Crippen LogP contribution is 2.19. The summed E-state index contributed by atoms with van der Waals surface area (Å²) in [7, 11) is 1.61. The molecule has 0 aliphatic heterocycles. The maximum absolute atomic E-state index is 12.0. The van der Waals surface area contributed by atoms with E-state index >= 15 is 0 Å². The molecule has 3 aromatic rings. The van der Waals surface area contributed by atoms with Crippen LogP contribution in [-0.4, -0.2) is 36.4 Å². The highest BCUT2D eigenvalue weighted by Gasteiger charge is 2.10. The number of ether oxygens (including phenoxy) is 2. The largest absolute Gasteiger partial charge is 0.497 e. The summed E-state index contributed by atoms with van der Waals surface area (Å²) in [4.78, 5) is 12.0. The molecule has 7 heteroatoms. The van der Waals surface area contributed by atoms with Gasteiger partial charge in [0.25, 0.3) is 0 Å². The molecule has 146 valence electrons. The minimum atomic E-state index is -0.0894. The van der Waals surface area contributed by atoms with Gasteiger partial charge < -0.3 is 19.2 Å². The fourth-order valence-electron chi connectivity index (χ4n) is 2.51. The number of carbonyl (C=O) groups excluding carboxylic acids is 1. The molecule has 1 heterocycles. The lowest BCUT2D eigenvalue weighted by Gasteiger charge is -2.08. The van der Waals surface area contributed by atoms with Gasteiger partial charge in [0.15, 0.2) is 0 Å². The Labute approximate surface area is 163 Å². The quantitative estimate of drug-likeness (QED) is 0.573. The Kier molecular flexibility index (Phi) is 6.62. The average Bonchev–Trinajstić information content (AvgIpc) is 3.20. The highest BCUT2D eigenvalue weighted by molar-refractivity contribution is 5.76. The first-order valence-electron chi connectivity index (χ1n) is 9.07. The molecule has 7 nitrogen and oxygen atoms in total. The lowest BCUT2D eigenvalue weighted by atomic mass is 10.1. The van der Waals surface area contributed by atoms with Crippen LogP contribution in [0.5, 0.6) is 11.5 Å². The van der Waals surface area contributed by atoms with Gasteiger partial charge in [-0.25, -0.2) is 0 Å². The van der Waals surface area contributed by atoms with Crippen LogP contribution in [0, 0.1) is 6.92 Å². The Balaban J connectivity index is 1.36. The number of methoxy groups -OCH3 is 1. The molecular formula is C21H23N3O4. The number of nitrogens with one attached hydrogen (secondary N) is 1. The van der Waals surface area contributed by atoms with Gasteiger partial charge >= 0.3 is 0 Å². The second-order valence-electron chi connectivity index (χ2n) is 6.24. The number of carbonyl (C=O) groups is 1. The van der Waals surface area contributed by atoms with E-state index in [0.717, 1.165) is 22.6 Å². The molecule has 1 aromatic heterocycles. The Hall–Kier alpha value is -3.35. The van der Waals surface area contributed by atoms with E-state index in [9.17, 15) is 4.79 Å². The molecule has 3 rings (SSSR count). The van der Waals surface area contributed by atoms with Crippen LogP contribution in [-0.2, 0) is 11.2 Å². The third-order valence-corrected chi connectivity index (χ3v) is 4.08. The standard InChI is InChI=1S/C21H23N3O4/c1-15-3-5-16(6-4-15)21-24-23-20(28-21)12-11-19(25)22-13-14-27-18-9-7-17(26-2)8-10-18/h3-10H,11-14H2,1-2H3,(H,22,25). The summed E-state index contributed by atoms with van der Waals surface area (Å²) in [5.41, 5.74) is 2.03. The van der Waals surface area contributed by atoms with Crippen LogP contribution < -0.4 is 14.8 Å². The average molecular weight is 381 g/mol. The van der Waals surface area contributed by atoms with Gasteiger partial charge in [-0.2, -0.15) is 0 Å². The lowest BCUT2D eigenvalue weighted by Crippen LogP contribution is -2.28. The van der Waals surface area contributed by atoms with Crippen molar-refractivity contribution in [2.45, 2.75) is 19.8 Å². The third kappa shape index (κ3) is 5.57. The van der Waals surface area contributed by atoms with Crippen molar-refractivity contribution in [1.29, 1.82) is 0 Å². The molecule has 0 aliphatic carbocycles. The van der Waals surface area contributed by atoms with Crippen LogP contribution in [0.2, 0.25) is 0 Å². The monoisotopic (exact) mass is 381 g/mol. The molecule has 0 unspecified atom stereocenters. The molecule has 1 amide bonds. The molecular weight excluding hydrogens is 358 g/mol. The van der Waals surface area contributed by atoms with Gasteiger partial charge in [0, 0.05) is 18.4 Å². The van der Waals surface area contributed by atoms with E-state index in [1.807, 2.05) is 55.5 Å². The van der Waals surface area contributed by atoms with E-state index in [-0.39, 0.29) is 12.3 Å². The fraction of sp³-hybridized carbons (Fsp3) is 0.286. The van der Waals surface area contributed by atoms with Crippen molar-refractivity contribution in [3.8, 4) is 23.0 Å². The van der Waals surface area contributed by atoms with Crippen molar-refractivity contribution in [1.82, 2.24) is 15.5 Å². The van der Waals surface area contributed by atoms with Gasteiger partial charge in [-0.05, 0) is 43.3 Å². The molecule has 0 aliphatic rings. The Morgan fingerprint density at radius 1 is 1.04 bits per heavy atom. The van der Waals surface area contributed by atoms with E-state index in [1.54, 1.807) is 7.11 Å². The van der Waals surface area contributed by atoms with Crippen LogP contribution in [0.25, 0.3) is 11.5 Å². The molecule has 1 N–H and O–H groups in total. The Morgan fingerprint density at radius 3 is 2.46 bits per heavy atom. The van der Waals surface area contributed by atoms with Crippen molar-refractivity contribution < 1.29 is 18.7 Å². The molecule has 0 saturated heterocycles. The minimum absolute atomic E-state index is 0.0894. The SMILES string of the molecule is COc1ccc(OCCNC(=O)CCc2nnc(-c3ccc(C)cc3)o2)cc1. The van der Waals surface area contributed by atoms with Crippen molar-refractivity contribution in [2.75, 3.05) is 20.3 Å². The molecule has 2 aromatic carbocycles. The third-order valence-electron chi connectivity index (χ3n) is 4.08. The summed E-state index contributed by atoms with van der Waals surface area (Å²) in [6, 6.07) is 15.1. The van der Waals surface area contributed by atoms with Crippen molar-refractivity contribution in [2.24, 2.45) is 0 Å². The first kappa shape index (κ1) is 19.4. The number of hydrogen-bond acceptors (Lipinski definition) is 6. The highest BCUT2D eigenvalue weighted by atomic mass is 16.5. The molecule has 0 fully saturated rings. The minimum Gasteiger partial charge on any atom is -0.497 e. The zero-order valence-electron chi connectivity index (χ0n) is 16.0.